The Morgan fingerprint density at radius 1 is 1.53 bits per heavy atom. The fourth-order valence-corrected chi connectivity index (χ4v) is 1.68. The van der Waals surface area contributed by atoms with E-state index in [1.807, 2.05) is 6.92 Å². The van der Waals surface area contributed by atoms with Gasteiger partial charge in [0.25, 0.3) is 0 Å². The minimum Gasteiger partial charge on any atom is -0.485 e. The van der Waals surface area contributed by atoms with E-state index in [1.165, 1.54) is 0 Å². The monoisotopic (exact) mass is 246 g/mol. The average Bonchev–Trinajstić information content (AvgIpc) is 2.21. The van der Waals surface area contributed by atoms with E-state index in [4.69, 9.17) is 33.0 Å². The molecule has 0 heterocycles. The van der Waals surface area contributed by atoms with Crippen LogP contribution in [-0.2, 0) is 6.61 Å². The lowest BCUT2D eigenvalue weighted by molar-refractivity contribution is 0.244. The number of hydrogen-bond acceptors (Lipinski definition) is 2. The molecule has 1 rings (SSSR count). The summed E-state index contributed by atoms with van der Waals surface area (Å²) in [4.78, 5) is 0. The van der Waals surface area contributed by atoms with Gasteiger partial charge in [0.1, 0.15) is 11.9 Å². The lowest BCUT2D eigenvalue weighted by Crippen LogP contribution is -2.09. The zero-order chi connectivity index (χ0) is 11.4. The molecule has 0 bridgehead atoms. The van der Waals surface area contributed by atoms with Crippen molar-refractivity contribution < 1.29 is 9.84 Å². The van der Waals surface area contributed by atoms with Crippen LogP contribution in [0.2, 0.25) is 10.0 Å². The van der Waals surface area contributed by atoms with Gasteiger partial charge in [-0.15, -0.1) is 0 Å². The lowest BCUT2D eigenvalue weighted by atomic mass is 10.2. The maximum absolute atomic E-state index is 9.13. The van der Waals surface area contributed by atoms with E-state index >= 15 is 0 Å². The van der Waals surface area contributed by atoms with Crippen LogP contribution >= 0.6 is 23.2 Å². The van der Waals surface area contributed by atoms with Crippen LogP contribution in [-0.4, -0.2) is 11.2 Å². The van der Waals surface area contributed by atoms with Crippen molar-refractivity contribution >= 4 is 23.2 Å². The van der Waals surface area contributed by atoms with E-state index in [0.717, 1.165) is 0 Å². The molecule has 4 heteroatoms. The van der Waals surface area contributed by atoms with Gasteiger partial charge in [0, 0.05) is 10.6 Å². The van der Waals surface area contributed by atoms with Crippen molar-refractivity contribution in [2.24, 2.45) is 0 Å². The number of hydrogen-bond donors (Lipinski definition) is 1. The quantitative estimate of drug-likeness (QED) is 0.826. The third-order valence-corrected chi connectivity index (χ3v) is 2.39. The zero-order valence-corrected chi connectivity index (χ0v) is 9.85. The van der Waals surface area contributed by atoms with Gasteiger partial charge in [-0.05, 0) is 19.1 Å². The third kappa shape index (κ3) is 3.13. The minimum absolute atomic E-state index is 0.167. The highest BCUT2D eigenvalue weighted by Crippen LogP contribution is 2.33. The summed E-state index contributed by atoms with van der Waals surface area (Å²) in [5.41, 5.74) is 0.571. The normalized spacial score (nSPS) is 12.3. The number of aliphatic hydroxyl groups is 1. The van der Waals surface area contributed by atoms with Crippen LogP contribution in [0.4, 0.5) is 0 Å². The van der Waals surface area contributed by atoms with Crippen molar-refractivity contribution in [2.75, 3.05) is 0 Å². The van der Waals surface area contributed by atoms with Crippen molar-refractivity contribution in [1.29, 1.82) is 0 Å². The van der Waals surface area contributed by atoms with Crippen LogP contribution in [0.15, 0.2) is 24.8 Å². The SMILES string of the molecule is C=CC(C)Oc1c(Cl)cc(Cl)cc1CO. The maximum Gasteiger partial charge on any atom is 0.144 e. The predicted octanol–water partition coefficient (Wildman–Crippen LogP) is 3.44. The molecule has 0 spiro atoms. The Morgan fingerprint density at radius 3 is 2.73 bits per heavy atom. The Morgan fingerprint density at radius 2 is 2.20 bits per heavy atom. The van der Waals surface area contributed by atoms with E-state index in [-0.39, 0.29) is 12.7 Å². The molecule has 1 aromatic carbocycles. The maximum atomic E-state index is 9.13. The van der Waals surface area contributed by atoms with Crippen molar-refractivity contribution in [3.63, 3.8) is 0 Å². The number of aliphatic hydroxyl groups excluding tert-OH is 1. The topological polar surface area (TPSA) is 29.5 Å². The number of rotatable bonds is 4. The Hall–Kier alpha value is -0.700. The van der Waals surface area contributed by atoms with Gasteiger partial charge in [-0.25, -0.2) is 0 Å². The van der Waals surface area contributed by atoms with Gasteiger partial charge < -0.3 is 9.84 Å². The van der Waals surface area contributed by atoms with Gasteiger partial charge >= 0.3 is 0 Å². The summed E-state index contributed by atoms with van der Waals surface area (Å²) >= 11 is 11.8. The Labute approximate surface area is 99.1 Å². The summed E-state index contributed by atoms with van der Waals surface area (Å²) in [6.07, 6.45) is 1.47. The standard InChI is InChI=1S/C11H12Cl2O2/c1-3-7(2)15-11-8(6-14)4-9(12)5-10(11)13/h3-5,7,14H,1,6H2,2H3. The highest BCUT2D eigenvalue weighted by atomic mass is 35.5. The molecule has 1 unspecified atom stereocenters. The largest absolute Gasteiger partial charge is 0.485 e. The summed E-state index contributed by atoms with van der Waals surface area (Å²) in [6, 6.07) is 3.20. The van der Waals surface area contributed by atoms with Gasteiger partial charge in [-0.1, -0.05) is 35.9 Å². The van der Waals surface area contributed by atoms with Crippen molar-refractivity contribution in [3.05, 3.63) is 40.4 Å². The summed E-state index contributed by atoms with van der Waals surface area (Å²) in [7, 11) is 0. The second kappa shape index (κ2) is 5.40. The smallest absolute Gasteiger partial charge is 0.144 e. The molecule has 0 aliphatic rings. The fraction of sp³-hybridized carbons (Fsp3) is 0.273. The first kappa shape index (κ1) is 12.4. The molecule has 0 amide bonds. The molecular formula is C11H12Cl2O2. The molecule has 15 heavy (non-hydrogen) atoms. The highest BCUT2D eigenvalue weighted by molar-refractivity contribution is 6.35. The molecule has 0 saturated heterocycles. The van der Waals surface area contributed by atoms with Gasteiger partial charge in [0.2, 0.25) is 0 Å². The molecule has 0 radical (unpaired) electrons. The fourth-order valence-electron chi connectivity index (χ4n) is 1.10. The predicted molar refractivity (Wildman–Crippen MR) is 62.7 cm³/mol. The second-order valence-electron chi connectivity index (χ2n) is 3.09. The van der Waals surface area contributed by atoms with E-state index < -0.39 is 0 Å². The highest BCUT2D eigenvalue weighted by Gasteiger charge is 2.11. The van der Waals surface area contributed by atoms with Gasteiger partial charge in [-0.3, -0.25) is 0 Å². The summed E-state index contributed by atoms with van der Waals surface area (Å²) < 4.78 is 5.50. The number of ether oxygens (including phenoxy) is 1. The van der Waals surface area contributed by atoms with Crippen LogP contribution in [0.3, 0.4) is 0 Å². The van der Waals surface area contributed by atoms with E-state index in [2.05, 4.69) is 6.58 Å². The van der Waals surface area contributed by atoms with E-state index in [9.17, 15) is 0 Å². The van der Waals surface area contributed by atoms with Crippen LogP contribution in [0, 0.1) is 0 Å². The first-order valence-electron chi connectivity index (χ1n) is 4.46. The minimum atomic E-state index is -0.172. The third-order valence-electron chi connectivity index (χ3n) is 1.89. The Kier molecular flexibility index (Phi) is 4.45. The molecule has 1 N–H and O–H groups in total. The number of halogens is 2. The number of benzene rings is 1. The molecule has 0 aliphatic heterocycles. The van der Waals surface area contributed by atoms with Gasteiger partial charge in [-0.2, -0.15) is 0 Å². The van der Waals surface area contributed by atoms with E-state index in [0.29, 0.717) is 21.4 Å². The first-order chi connectivity index (χ1) is 7.08. The second-order valence-corrected chi connectivity index (χ2v) is 3.94. The molecular weight excluding hydrogens is 235 g/mol. The molecule has 0 aliphatic carbocycles. The molecule has 82 valence electrons. The van der Waals surface area contributed by atoms with Gasteiger partial charge in [0.05, 0.1) is 11.6 Å². The summed E-state index contributed by atoms with van der Waals surface area (Å²) in [5, 5.41) is 9.99. The molecule has 0 fully saturated rings. The van der Waals surface area contributed by atoms with Crippen LogP contribution in [0.5, 0.6) is 5.75 Å². The summed E-state index contributed by atoms with van der Waals surface area (Å²) in [6.45, 7) is 5.27. The van der Waals surface area contributed by atoms with Crippen molar-refractivity contribution in [2.45, 2.75) is 19.6 Å². The molecule has 0 saturated carbocycles. The van der Waals surface area contributed by atoms with Gasteiger partial charge in [0.15, 0.2) is 0 Å². The molecule has 0 aromatic heterocycles. The van der Waals surface area contributed by atoms with E-state index in [1.54, 1.807) is 18.2 Å². The first-order valence-corrected chi connectivity index (χ1v) is 5.22. The van der Waals surface area contributed by atoms with Crippen molar-refractivity contribution in [3.8, 4) is 5.75 Å². The molecule has 1 atom stereocenters. The van der Waals surface area contributed by atoms with Crippen LogP contribution in [0.1, 0.15) is 12.5 Å². The Balaban J connectivity index is 3.09. The summed E-state index contributed by atoms with van der Waals surface area (Å²) in [5.74, 6) is 0.455. The Bertz CT molecular complexity index is 364. The lowest BCUT2D eigenvalue weighted by Gasteiger charge is -2.15. The van der Waals surface area contributed by atoms with Crippen LogP contribution in [0.25, 0.3) is 0 Å². The average molecular weight is 247 g/mol. The van der Waals surface area contributed by atoms with Crippen LogP contribution < -0.4 is 4.74 Å². The molecule has 2 nitrogen and oxygen atoms in total. The zero-order valence-electron chi connectivity index (χ0n) is 8.34. The van der Waals surface area contributed by atoms with Crippen molar-refractivity contribution in [1.82, 2.24) is 0 Å². The molecule has 1 aromatic rings.